The minimum atomic E-state index is 0.532. The Morgan fingerprint density at radius 3 is 2.55 bits per heavy atom. The van der Waals surface area contributed by atoms with Crippen LogP contribution >= 0.6 is 35.1 Å². The summed E-state index contributed by atoms with van der Waals surface area (Å²) in [4.78, 5) is 0.966. The minimum absolute atomic E-state index is 0.532. The smallest absolute Gasteiger partial charge is 0.0604 e. The lowest BCUT2D eigenvalue weighted by molar-refractivity contribution is 1.46. The van der Waals surface area contributed by atoms with E-state index >= 15 is 0 Å². The van der Waals surface area contributed by atoms with Crippen LogP contribution in [-0.4, -0.2) is 13.3 Å². The maximum atomic E-state index is 7.40. The van der Waals surface area contributed by atoms with Crippen LogP contribution in [0, 0.1) is 5.41 Å². The Bertz CT molecular complexity index is 632. The molecule has 0 aromatic heterocycles. The summed E-state index contributed by atoms with van der Waals surface area (Å²) in [5, 5.41) is 11.5. The fraction of sp³-hybridized carbons (Fsp3) is 0.0714. The molecule has 0 bridgehead atoms. The van der Waals surface area contributed by atoms with E-state index in [2.05, 4.69) is 10.0 Å². The molecule has 0 heterocycles. The van der Waals surface area contributed by atoms with Gasteiger partial charge in [-0.1, -0.05) is 23.2 Å². The number of nitrogens with one attached hydrogen (secondary N) is 3. The zero-order chi connectivity index (χ0) is 14.5. The van der Waals surface area contributed by atoms with E-state index in [-0.39, 0.29) is 0 Å². The molecule has 0 aliphatic carbocycles. The first-order chi connectivity index (χ1) is 9.63. The Morgan fingerprint density at radius 1 is 1.10 bits per heavy atom. The van der Waals surface area contributed by atoms with E-state index in [0.717, 1.165) is 21.8 Å². The van der Waals surface area contributed by atoms with Gasteiger partial charge in [-0.3, -0.25) is 0 Å². The van der Waals surface area contributed by atoms with Crippen molar-refractivity contribution in [2.45, 2.75) is 4.90 Å². The van der Waals surface area contributed by atoms with Gasteiger partial charge in [-0.25, -0.2) is 0 Å². The van der Waals surface area contributed by atoms with E-state index in [9.17, 15) is 0 Å². The van der Waals surface area contributed by atoms with E-state index in [1.165, 1.54) is 18.2 Å². The average Bonchev–Trinajstić information content (AvgIpc) is 2.48. The maximum Gasteiger partial charge on any atom is 0.0604 e. The van der Waals surface area contributed by atoms with E-state index < -0.39 is 0 Å². The van der Waals surface area contributed by atoms with Crippen LogP contribution in [0.25, 0.3) is 0 Å². The van der Waals surface area contributed by atoms with Crippen LogP contribution < -0.4 is 10.0 Å². The lowest BCUT2D eigenvalue weighted by Crippen LogP contribution is -1.96. The number of hydrogen-bond donors (Lipinski definition) is 3. The average molecular weight is 326 g/mol. The molecular formula is C14H13Cl2N3S. The normalized spacial score (nSPS) is 10.2. The number of anilines is 2. The van der Waals surface area contributed by atoms with Crippen molar-refractivity contribution in [1.82, 2.24) is 0 Å². The summed E-state index contributed by atoms with van der Waals surface area (Å²) >= 11 is 13.3. The van der Waals surface area contributed by atoms with Crippen molar-refractivity contribution in [1.29, 1.82) is 5.41 Å². The lowest BCUT2D eigenvalue weighted by Gasteiger charge is -2.10. The molecule has 0 saturated heterocycles. The van der Waals surface area contributed by atoms with Crippen molar-refractivity contribution in [3.63, 3.8) is 0 Å². The van der Waals surface area contributed by atoms with E-state index in [1.54, 1.807) is 12.1 Å². The highest BCUT2D eigenvalue weighted by molar-refractivity contribution is 8.00. The monoisotopic (exact) mass is 325 g/mol. The zero-order valence-corrected chi connectivity index (χ0v) is 13.0. The third-order valence-corrected chi connectivity index (χ3v) is 4.22. The van der Waals surface area contributed by atoms with Gasteiger partial charge in [0.2, 0.25) is 0 Å². The zero-order valence-electron chi connectivity index (χ0n) is 10.7. The molecule has 0 radical (unpaired) electrons. The van der Waals surface area contributed by atoms with E-state index in [0.29, 0.717) is 10.0 Å². The predicted molar refractivity (Wildman–Crippen MR) is 89.8 cm³/mol. The number of rotatable bonds is 5. The number of hydrogen-bond acceptors (Lipinski definition) is 4. The van der Waals surface area contributed by atoms with Gasteiger partial charge in [0.15, 0.2) is 0 Å². The molecule has 0 atom stereocenters. The Hall–Kier alpha value is -1.36. The van der Waals surface area contributed by atoms with E-state index in [1.807, 2.05) is 31.3 Å². The van der Waals surface area contributed by atoms with Gasteiger partial charge in [0.1, 0.15) is 0 Å². The van der Waals surface area contributed by atoms with Crippen LogP contribution in [0.4, 0.5) is 11.4 Å². The highest BCUT2D eigenvalue weighted by Gasteiger charge is 2.03. The molecule has 0 unspecified atom stereocenters. The van der Waals surface area contributed by atoms with Crippen molar-refractivity contribution < 1.29 is 0 Å². The summed E-state index contributed by atoms with van der Waals surface area (Å²) in [5.74, 6) is 0. The molecule has 3 N–H and O–H groups in total. The van der Waals surface area contributed by atoms with Crippen LogP contribution in [0.5, 0.6) is 0 Å². The van der Waals surface area contributed by atoms with Crippen LogP contribution in [0.2, 0.25) is 10.0 Å². The first kappa shape index (κ1) is 15.0. The van der Waals surface area contributed by atoms with Gasteiger partial charge in [-0.15, -0.1) is 0 Å². The third kappa shape index (κ3) is 3.60. The van der Waals surface area contributed by atoms with Crippen molar-refractivity contribution in [3.8, 4) is 0 Å². The summed E-state index contributed by atoms with van der Waals surface area (Å²) in [6.45, 7) is 0. The van der Waals surface area contributed by atoms with Crippen molar-refractivity contribution >= 4 is 52.7 Å². The molecule has 3 nitrogen and oxygen atoms in total. The molecule has 20 heavy (non-hydrogen) atoms. The maximum absolute atomic E-state index is 7.40. The SMILES string of the molecule is CNc1ccc(NSc2ccc(Cl)c(Cl)c2)cc1C=N. The van der Waals surface area contributed by atoms with Gasteiger partial charge in [-0.05, 0) is 48.3 Å². The predicted octanol–water partition coefficient (Wildman–Crippen LogP) is 5.15. The molecule has 0 aliphatic rings. The number of halogens is 2. The second-order valence-corrected chi connectivity index (χ2v) is 5.67. The Morgan fingerprint density at radius 2 is 1.90 bits per heavy atom. The summed E-state index contributed by atoms with van der Waals surface area (Å²) in [7, 11) is 1.83. The quantitative estimate of drug-likeness (QED) is 0.526. The molecule has 2 rings (SSSR count). The van der Waals surface area contributed by atoms with Gasteiger partial charge in [0.05, 0.1) is 10.0 Å². The van der Waals surface area contributed by atoms with Gasteiger partial charge >= 0.3 is 0 Å². The molecule has 0 fully saturated rings. The van der Waals surface area contributed by atoms with Crippen molar-refractivity contribution in [2.24, 2.45) is 0 Å². The van der Waals surface area contributed by atoms with Gasteiger partial charge < -0.3 is 15.4 Å². The molecule has 0 amide bonds. The molecular weight excluding hydrogens is 313 g/mol. The summed E-state index contributed by atoms with van der Waals surface area (Å²) in [6, 6.07) is 11.2. The summed E-state index contributed by atoms with van der Waals surface area (Å²) in [5.41, 5.74) is 2.66. The van der Waals surface area contributed by atoms with Crippen LogP contribution in [0.1, 0.15) is 5.56 Å². The van der Waals surface area contributed by atoms with Gasteiger partial charge in [-0.2, -0.15) is 0 Å². The van der Waals surface area contributed by atoms with Crippen molar-refractivity contribution in [2.75, 3.05) is 17.1 Å². The molecule has 0 aliphatic heterocycles. The summed E-state index contributed by atoms with van der Waals surface area (Å²) in [6.07, 6.45) is 1.32. The Balaban J connectivity index is 2.10. The molecule has 104 valence electrons. The van der Waals surface area contributed by atoms with Gasteiger partial charge in [0.25, 0.3) is 0 Å². The van der Waals surface area contributed by atoms with Gasteiger partial charge in [0, 0.05) is 35.1 Å². The second kappa shape index (κ2) is 6.88. The molecule has 2 aromatic carbocycles. The van der Waals surface area contributed by atoms with Crippen molar-refractivity contribution in [3.05, 3.63) is 52.0 Å². The fourth-order valence-corrected chi connectivity index (χ4v) is 2.67. The topological polar surface area (TPSA) is 47.9 Å². The first-order valence-electron chi connectivity index (χ1n) is 5.84. The first-order valence-corrected chi connectivity index (χ1v) is 7.41. The van der Waals surface area contributed by atoms with Crippen LogP contribution in [-0.2, 0) is 0 Å². The summed E-state index contributed by atoms with van der Waals surface area (Å²) < 4.78 is 3.22. The molecule has 0 spiro atoms. The lowest BCUT2D eigenvalue weighted by atomic mass is 10.2. The minimum Gasteiger partial charge on any atom is -0.388 e. The van der Waals surface area contributed by atoms with E-state index in [4.69, 9.17) is 28.6 Å². The Kier molecular flexibility index (Phi) is 5.17. The molecule has 2 aromatic rings. The highest BCUT2D eigenvalue weighted by atomic mass is 35.5. The van der Waals surface area contributed by atoms with Crippen LogP contribution in [0.3, 0.4) is 0 Å². The molecule has 6 heteroatoms. The highest BCUT2D eigenvalue weighted by Crippen LogP contribution is 2.29. The molecule has 0 saturated carbocycles. The largest absolute Gasteiger partial charge is 0.388 e. The second-order valence-electron chi connectivity index (χ2n) is 3.98. The Labute approximate surface area is 132 Å². The number of benzene rings is 2. The standard InChI is InChI=1S/C14H13Cl2N3S/c1-18-14-5-2-10(6-9(14)8-17)19-20-11-3-4-12(15)13(16)7-11/h2-8,17-19H,1H3. The third-order valence-electron chi connectivity index (χ3n) is 2.65. The fourth-order valence-electron chi connectivity index (χ4n) is 1.63. The van der Waals surface area contributed by atoms with Crippen LogP contribution in [0.15, 0.2) is 41.3 Å².